The summed E-state index contributed by atoms with van der Waals surface area (Å²) in [5, 5.41) is 4.15. The zero-order valence-corrected chi connectivity index (χ0v) is 11.3. The van der Waals surface area contributed by atoms with Gasteiger partial charge < -0.3 is 4.90 Å². The van der Waals surface area contributed by atoms with Crippen LogP contribution in [0.15, 0.2) is 47.2 Å². The lowest BCUT2D eigenvalue weighted by molar-refractivity contribution is -0.118. The van der Waals surface area contributed by atoms with Gasteiger partial charge in [-0.1, -0.05) is 18.2 Å². The third kappa shape index (κ3) is 3.20. The molecule has 2 rings (SSSR count). The first-order valence-electron chi connectivity index (χ1n) is 6.17. The molecule has 0 N–H and O–H groups in total. The Morgan fingerprint density at radius 2 is 2.00 bits per heavy atom. The molecule has 1 aromatic heterocycles. The molecule has 0 bridgehead atoms. The fourth-order valence-corrected chi connectivity index (χ4v) is 2.64. The molecule has 0 saturated carbocycles. The highest BCUT2D eigenvalue weighted by Gasteiger charge is 2.13. The van der Waals surface area contributed by atoms with E-state index >= 15 is 0 Å². The van der Waals surface area contributed by atoms with Crippen LogP contribution >= 0.6 is 11.3 Å². The number of thiophene rings is 1. The van der Waals surface area contributed by atoms with Crippen LogP contribution < -0.4 is 4.90 Å². The Morgan fingerprint density at radius 3 is 2.61 bits per heavy atom. The van der Waals surface area contributed by atoms with E-state index in [0.717, 1.165) is 12.1 Å². The van der Waals surface area contributed by atoms with E-state index < -0.39 is 0 Å². The summed E-state index contributed by atoms with van der Waals surface area (Å²) in [6, 6.07) is 11.9. The van der Waals surface area contributed by atoms with Gasteiger partial charge in [0.2, 0.25) is 5.91 Å². The summed E-state index contributed by atoms with van der Waals surface area (Å²) >= 11 is 1.68. The van der Waals surface area contributed by atoms with Gasteiger partial charge in [-0.15, -0.1) is 0 Å². The van der Waals surface area contributed by atoms with E-state index in [-0.39, 0.29) is 5.91 Å². The molecule has 2 nitrogen and oxygen atoms in total. The number of nitrogens with zero attached hydrogens (tertiary/aromatic N) is 1. The highest BCUT2D eigenvalue weighted by molar-refractivity contribution is 7.07. The van der Waals surface area contributed by atoms with Crippen LogP contribution in [0.1, 0.15) is 18.9 Å². The predicted octanol–water partition coefficient (Wildman–Crippen LogP) is 3.73. The molecule has 1 heterocycles. The topological polar surface area (TPSA) is 20.3 Å². The quantitative estimate of drug-likeness (QED) is 0.801. The first-order valence-corrected chi connectivity index (χ1v) is 7.12. The van der Waals surface area contributed by atoms with Gasteiger partial charge in [-0.3, -0.25) is 4.79 Å². The van der Waals surface area contributed by atoms with E-state index in [2.05, 4.69) is 16.8 Å². The van der Waals surface area contributed by atoms with E-state index in [4.69, 9.17) is 0 Å². The second-order valence-electron chi connectivity index (χ2n) is 4.11. The van der Waals surface area contributed by atoms with Crippen molar-refractivity contribution in [3.05, 3.63) is 52.7 Å². The number of rotatable bonds is 5. The molecule has 0 fully saturated rings. The molecule has 0 spiro atoms. The van der Waals surface area contributed by atoms with E-state index in [1.54, 1.807) is 11.3 Å². The van der Waals surface area contributed by atoms with Gasteiger partial charge in [-0.2, -0.15) is 11.3 Å². The van der Waals surface area contributed by atoms with Crippen LogP contribution in [0, 0.1) is 0 Å². The van der Waals surface area contributed by atoms with Gasteiger partial charge in [0.15, 0.2) is 0 Å². The number of amides is 1. The first kappa shape index (κ1) is 12.8. The number of carbonyl (C=O) groups is 1. The van der Waals surface area contributed by atoms with Crippen molar-refractivity contribution in [1.82, 2.24) is 0 Å². The number of carbonyl (C=O) groups excluding carboxylic acids is 1. The molecule has 3 heteroatoms. The molecule has 18 heavy (non-hydrogen) atoms. The van der Waals surface area contributed by atoms with Crippen molar-refractivity contribution in [1.29, 1.82) is 0 Å². The minimum atomic E-state index is 0.190. The largest absolute Gasteiger partial charge is 0.313 e. The van der Waals surface area contributed by atoms with E-state index in [1.807, 2.05) is 42.2 Å². The van der Waals surface area contributed by atoms with Crippen LogP contribution in [-0.4, -0.2) is 12.5 Å². The molecular weight excluding hydrogens is 242 g/mol. The zero-order chi connectivity index (χ0) is 12.8. The van der Waals surface area contributed by atoms with Gasteiger partial charge in [-0.25, -0.2) is 0 Å². The van der Waals surface area contributed by atoms with Crippen LogP contribution in [0.4, 0.5) is 5.69 Å². The van der Waals surface area contributed by atoms with Gasteiger partial charge in [0.25, 0.3) is 0 Å². The Kier molecular flexibility index (Phi) is 4.53. The number of hydrogen-bond donors (Lipinski definition) is 0. The summed E-state index contributed by atoms with van der Waals surface area (Å²) in [6.45, 7) is 2.72. The van der Waals surface area contributed by atoms with Crippen LogP contribution in [0.5, 0.6) is 0 Å². The molecule has 94 valence electrons. The molecule has 0 aliphatic heterocycles. The van der Waals surface area contributed by atoms with Crippen molar-refractivity contribution < 1.29 is 4.79 Å². The zero-order valence-electron chi connectivity index (χ0n) is 10.5. The van der Waals surface area contributed by atoms with Crippen molar-refractivity contribution in [3.8, 4) is 0 Å². The normalized spacial score (nSPS) is 10.3. The number of aryl methyl sites for hydroxylation is 1. The number of anilines is 1. The molecule has 0 saturated heterocycles. The summed E-state index contributed by atoms with van der Waals surface area (Å²) in [6.07, 6.45) is 1.39. The van der Waals surface area contributed by atoms with Crippen LogP contribution in [0.2, 0.25) is 0 Å². The third-order valence-corrected chi connectivity index (χ3v) is 3.62. The Labute approximate surface area is 112 Å². The minimum Gasteiger partial charge on any atom is -0.313 e. The van der Waals surface area contributed by atoms with Crippen molar-refractivity contribution in [2.24, 2.45) is 0 Å². The molecule has 1 aromatic carbocycles. The summed E-state index contributed by atoms with van der Waals surface area (Å²) in [7, 11) is 0. The Bertz CT molecular complexity index is 478. The monoisotopic (exact) mass is 259 g/mol. The van der Waals surface area contributed by atoms with Crippen LogP contribution in [0.3, 0.4) is 0 Å². The van der Waals surface area contributed by atoms with Gasteiger partial charge in [0.1, 0.15) is 0 Å². The predicted molar refractivity (Wildman–Crippen MR) is 77.1 cm³/mol. The fraction of sp³-hybridized carbons (Fsp3) is 0.267. The third-order valence-electron chi connectivity index (χ3n) is 2.89. The molecule has 0 aliphatic carbocycles. The van der Waals surface area contributed by atoms with Crippen molar-refractivity contribution in [2.45, 2.75) is 19.8 Å². The maximum atomic E-state index is 12.2. The molecule has 0 radical (unpaired) electrons. The SMILES string of the molecule is CCN(C(=O)CCc1ccsc1)c1ccccc1. The lowest BCUT2D eigenvalue weighted by atomic mass is 10.1. The van der Waals surface area contributed by atoms with E-state index in [0.29, 0.717) is 13.0 Å². The molecule has 0 atom stereocenters. The first-order chi connectivity index (χ1) is 8.81. The minimum absolute atomic E-state index is 0.190. The summed E-state index contributed by atoms with van der Waals surface area (Å²) in [4.78, 5) is 14.0. The molecule has 0 unspecified atom stereocenters. The van der Waals surface area contributed by atoms with E-state index in [9.17, 15) is 4.79 Å². The lowest BCUT2D eigenvalue weighted by Crippen LogP contribution is -2.30. The Morgan fingerprint density at radius 1 is 1.22 bits per heavy atom. The molecule has 1 amide bonds. The molecule has 2 aromatic rings. The summed E-state index contributed by atoms with van der Waals surface area (Å²) in [5.41, 5.74) is 2.23. The van der Waals surface area contributed by atoms with Gasteiger partial charge in [0.05, 0.1) is 0 Å². The average Bonchev–Trinajstić information content (AvgIpc) is 2.92. The van der Waals surface area contributed by atoms with Crippen LogP contribution in [-0.2, 0) is 11.2 Å². The molecule has 0 aliphatic rings. The Hall–Kier alpha value is -1.61. The average molecular weight is 259 g/mol. The van der Waals surface area contributed by atoms with Crippen molar-refractivity contribution in [3.63, 3.8) is 0 Å². The second kappa shape index (κ2) is 6.36. The lowest BCUT2D eigenvalue weighted by Gasteiger charge is -2.20. The van der Waals surface area contributed by atoms with Gasteiger partial charge >= 0.3 is 0 Å². The standard InChI is InChI=1S/C15H17NOS/c1-2-16(14-6-4-3-5-7-14)15(17)9-8-13-10-11-18-12-13/h3-7,10-12H,2,8-9H2,1H3. The van der Waals surface area contributed by atoms with Crippen molar-refractivity contribution in [2.75, 3.05) is 11.4 Å². The van der Waals surface area contributed by atoms with Gasteiger partial charge in [0, 0.05) is 18.7 Å². The fourth-order valence-electron chi connectivity index (χ4n) is 1.93. The highest BCUT2D eigenvalue weighted by atomic mass is 32.1. The summed E-state index contributed by atoms with van der Waals surface area (Å²) < 4.78 is 0. The highest BCUT2D eigenvalue weighted by Crippen LogP contribution is 2.16. The second-order valence-corrected chi connectivity index (χ2v) is 4.89. The number of para-hydroxylation sites is 1. The number of hydrogen-bond acceptors (Lipinski definition) is 2. The number of benzene rings is 1. The maximum Gasteiger partial charge on any atom is 0.227 e. The Balaban J connectivity index is 1.98. The smallest absolute Gasteiger partial charge is 0.227 e. The summed E-state index contributed by atoms with van der Waals surface area (Å²) in [5.74, 6) is 0.190. The molecular formula is C15H17NOS. The van der Waals surface area contributed by atoms with Crippen LogP contribution in [0.25, 0.3) is 0 Å². The van der Waals surface area contributed by atoms with Gasteiger partial charge in [-0.05, 0) is 47.9 Å². The van der Waals surface area contributed by atoms with Crippen molar-refractivity contribution >= 4 is 22.9 Å². The van der Waals surface area contributed by atoms with E-state index in [1.165, 1.54) is 5.56 Å². The maximum absolute atomic E-state index is 12.2.